The Labute approximate surface area is 209 Å². The van der Waals surface area contributed by atoms with Crippen LogP contribution < -0.4 is 20.1 Å². The number of hydrogen-bond acceptors (Lipinski definition) is 6. The van der Waals surface area contributed by atoms with Crippen molar-refractivity contribution in [3.05, 3.63) is 106 Å². The van der Waals surface area contributed by atoms with Gasteiger partial charge in [-0.15, -0.1) is 0 Å². The predicted octanol–water partition coefficient (Wildman–Crippen LogP) is 6.58. The summed E-state index contributed by atoms with van der Waals surface area (Å²) < 4.78 is 11.0. The van der Waals surface area contributed by atoms with Crippen molar-refractivity contribution in [2.45, 2.75) is 13.8 Å². The topological polar surface area (TPSA) is 76.7 Å². The molecule has 2 N–H and O–H groups in total. The van der Waals surface area contributed by atoms with Gasteiger partial charge in [-0.1, -0.05) is 36.4 Å². The number of methoxy groups -OCH3 is 2. The Hall–Kier alpha value is -4.58. The van der Waals surface area contributed by atoms with E-state index in [9.17, 15) is 9.59 Å². The van der Waals surface area contributed by atoms with Crippen molar-refractivity contribution in [3.8, 4) is 11.5 Å². The fourth-order valence-corrected chi connectivity index (χ4v) is 4.58. The standard InChI is InChI=1S/C30H26N2O4/c1-17-11-13-25(35-3)23(15-17)31-21-9-5-7-19-27(21)30(34)28-20(29(19)33)8-6-10-22(28)32-24-16-18(2)12-14-26(24)36-4/h5-16,31-32H,1-4H3. The highest BCUT2D eigenvalue weighted by atomic mass is 16.5. The molecular weight excluding hydrogens is 452 g/mol. The van der Waals surface area contributed by atoms with Crippen molar-refractivity contribution in [2.75, 3.05) is 24.9 Å². The zero-order valence-electron chi connectivity index (χ0n) is 20.6. The molecule has 0 unspecified atom stereocenters. The number of anilines is 4. The predicted molar refractivity (Wildman–Crippen MR) is 142 cm³/mol. The molecule has 4 aromatic rings. The number of carbonyl (C=O) groups excluding carboxylic acids is 2. The number of fused-ring (bicyclic) bond motifs is 2. The highest BCUT2D eigenvalue weighted by molar-refractivity contribution is 6.32. The minimum atomic E-state index is -0.232. The van der Waals surface area contributed by atoms with Crippen LogP contribution in [0.5, 0.6) is 11.5 Å². The summed E-state index contributed by atoms with van der Waals surface area (Å²) in [6, 6.07) is 22.1. The van der Waals surface area contributed by atoms with E-state index in [1.807, 2.05) is 50.2 Å². The molecule has 0 aromatic heterocycles. The first-order chi connectivity index (χ1) is 17.4. The largest absolute Gasteiger partial charge is 0.495 e. The second-order valence-electron chi connectivity index (χ2n) is 8.77. The minimum Gasteiger partial charge on any atom is -0.495 e. The maximum absolute atomic E-state index is 14.0. The van der Waals surface area contributed by atoms with Gasteiger partial charge in [0.1, 0.15) is 11.5 Å². The molecule has 1 aliphatic carbocycles. The molecular formula is C30H26N2O4. The first-order valence-corrected chi connectivity index (χ1v) is 11.6. The summed E-state index contributed by atoms with van der Waals surface area (Å²) in [5.41, 5.74) is 6.01. The Kier molecular flexibility index (Phi) is 5.94. The molecule has 4 aromatic carbocycles. The van der Waals surface area contributed by atoms with Gasteiger partial charge in [0.15, 0.2) is 11.6 Å². The SMILES string of the molecule is COc1ccc(C)cc1Nc1cccc2c1C(=O)c1c(Nc3cc(C)ccc3OC)cccc1C2=O. The second kappa shape index (κ2) is 9.23. The summed E-state index contributed by atoms with van der Waals surface area (Å²) in [5.74, 6) is 0.854. The first kappa shape index (κ1) is 23.2. The Morgan fingerprint density at radius 3 is 1.42 bits per heavy atom. The molecule has 0 saturated heterocycles. The van der Waals surface area contributed by atoms with E-state index in [-0.39, 0.29) is 11.6 Å². The summed E-state index contributed by atoms with van der Waals surface area (Å²) in [6.07, 6.45) is 0. The van der Waals surface area contributed by atoms with Gasteiger partial charge >= 0.3 is 0 Å². The highest BCUT2D eigenvalue weighted by Gasteiger charge is 2.34. The average molecular weight is 479 g/mol. The normalized spacial score (nSPS) is 12.0. The maximum atomic E-state index is 14.0. The van der Waals surface area contributed by atoms with Crippen LogP contribution >= 0.6 is 0 Å². The van der Waals surface area contributed by atoms with Crippen LogP contribution in [0.15, 0.2) is 72.8 Å². The van der Waals surface area contributed by atoms with Gasteiger partial charge in [0.2, 0.25) is 0 Å². The van der Waals surface area contributed by atoms with E-state index in [4.69, 9.17) is 9.47 Å². The number of rotatable bonds is 6. The van der Waals surface area contributed by atoms with Crippen LogP contribution in [-0.4, -0.2) is 25.8 Å². The molecule has 1 aliphatic rings. The molecule has 0 amide bonds. The molecule has 0 atom stereocenters. The number of ketones is 2. The highest BCUT2D eigenvalue weighted by Crippen LogP contribution is 2.39. The van der Waals surface area contributed by atoms with Crippen molar-refractivity contribution >= 4 is 34.3 Å². The number of ether oxygens (including phenoxy) is 2. The molecule has 0 fully saturated rings. The van der Waals surface area contributed by atoms with E-state index in [1.165, 1.54) is 0 Å². The van der Waals surface area contributed by atoms with Gasteiger partial charge in [-0.05, 0) is 61.4 Å². The van der Waals surface area contributed by atoms with Crippen LogP contribution in [0.2, 0.25) is 0 Å². The first-order valence-electron chi connectivity index (χ1n) is 11.6. The summed E-state index contributed by atoms with van der Waals surface area (Å²) in [6.45, 7) is 3.96. The third-order valence-corrected chi connectivity index (χ3v) is 6.32. The van der Waals surface area contributed by atoms with E-state index < -0.39 is 0 Å². The quantitative estimate of drug-likeness (QED) is 0.287. The van der Waals surface area contributed by atoms with E-state index in [0.29, 0.717) is 56.5 Å². The molecule has 0 spiro atoms. The van der Waals surface area contributed by atoms with Crippen LogP contribution in [0, 0.1) is 13.8 Å². The van der Waals surface area contributed by atoms with Crippen molar-refractivity contribution < 1.29 is 19.1 Å². The summed E-state index contributed by atoms with van der Waals surface area (Å²) in [7, 11) is 3.19. The van der Waals surface area contributed by atoms with Crippen LogP contribution in [0.4, 0.5) is 22.7 Å². The minimum absolute atomic E-state index is 0.195. The summed E-state index contributed by atoms with van der Waals surface area (Å²) >= 11 is 0. The molecule has 5 rings (SSSR count). The van der Waals surface area contributed by atoms with Gasteiger partial charge in [-0.25, -0.2) is 0 Å². The Morgan fingerprint density at radius 2 is 1.00 bits per heavy atom. The summed E-state index contributed by atoms with van der Waals surface area (Å²) in [5, 5.41) is 6.66. The van der Waals surface area contributed by atoms with Gasteiger partial charge in [0, 0.05) is 11.1 Å². The Morgan fingerprint density at radius 1 is 0.556 bits per heavy atom. The van der Waals surface area contributed by atoms with E-state index in [2.05, 4.69) is 10.6 Å². The maximum Gasteiger partial charge on any atom is 0.198 e. The van der Waals surface area contributed by atoms with Gasteiger partial charge in [0.05, 0.1) is 48.1 Å². The zero-order chi connectivity index (χ0) is 25.4. The molecule has 0 bridgehead atoms. The smallest absolute Gasteiger partial charge is 0.198 e. The number of aryl methyl sites for hydroxylation is 2. The van der Waals surface area contributed by atoms with E-state index in [0.717, 1.165) is 11.1 Å². The van der Waals surface area contributed by atoms with Crippen LogP contribution in [0.3, 0.4) is 0 Å². The number of benzene rings is 4. The number of nitrogens with one attached hydrogen (secondary N) is 2. The zero-order valence-corrected chi connectivity index (χ0v) is 20.6. The second-order valence-corrected chi connectivity index (χ2v) is 8.77. The van der Waals surface area contributed by atoms with Gasteiger partial charge < -0.3 is 20.1 Å². The third-order valence-electron chi connectivity index (χ3n) is 6.32. The Bertz CT molecular complexity index is 1410. The lowest BCUT2D eigenvalue weighted by Crippen LogP contribution is -2.23. The lowest BCUT2D eigenvalue weighted by molar-refractivity contribution is 0.0980. The fourth-order valence-electron chi connectivity index (χ4n) is 4.58. The molecule has 6 heteroatoms. The third kappa shape index (κ3) is 3.96. The van der Waals surface area contributed by atoms with E-state index >= 15 is 0 Å². The van der Waals surface area contributed by atoms with Gasteiger partial charge in [0.25, 0.3) is 0 Å². The summed E-state index contributed by atoms with van der Waals surface area (Å²) in [4.78, 5) is 27.6. The number of hydrogen-bond donors (Lipinski definition) is 2. The molecule has 36 heavy (non-hydrogen) atoms. The van der Waals surface area contributed by atoms with Crippen LogP contribution in [0.25, 0.3) is 0 Å². The lowest BCUT2D eigenvalue weighted by Gasteiger charge is -2.24. The van der Waals surface area contributed by atoms with Gasteiger partial charge in [-0.2, -0.15) is 0 Å². The Balaban J connectivity index is 1.62. The molecule has 0 saturated carbocycles. The molecule has 180 valence electrons. The van der Waals surface area contributed by atoms with Crippen molar-refractivity contribution in [2.24, 2.45) is 0 Å². The van der Waals surface area contributed by atoms with Crippen LogP contribution in [0.1, 0.15) is 43.0 Å². The number of carbonyl (C=O) groups is 2. The van der Waals surface area contributed by atoms with Gasteiger partial charge in [-0.3, -0.25) is 9.59 Å². The molecule has 0 radical (unpaired) electrons. The molecule has 6 nitrogen and oxygen atoms in total. The monoisotopic (exact) mass is 478 g/mol. The van der Waals surface area contributed by atoms with Crippen LogP contribution in [-0.2, 0) is 0 Å². The van der Waals surface area contributed by atoms with Crippen molar-refractivity contribution in [1.29, 1.82) is 0 Å². The fraction of sp³-hybridized carbons (Fsp3) is 0.133. The lowest BCUT2D eigenvalue weighted by atomic mass is 9.82. The molecule has 0 heterocycles. The molecule has 0 aliphatic heterocycles. The van der Waals surface area contributed by atoms with Crippen molar-refractivity contribution in [3.63, 3.8) is 0 Å². The van der Waals surface area contributed by atoms with Crippen molar-refractivity contribution in [1.82, 2.24) is 0 Å². The van der Waals surface area contributed by atoms with E-state index in [1.54, 1.807) is 50.6 Å². The average Bonchev–Trinajstić information content (AvgIpc) is 2.87.